The summed E-state index contributed by atoms with van der Waals surface area (Å²) < 4.78 is 11.8. The number of methoxy groups -OCH3 is 1. The van der Waals surface area contributed by atoms with E-state index < -0.39 is 11.2 Å². The zero-order valence-electron chi connectivity index (χ0n) is 19.8. The Balaban J connectivity index is 1.71. The van der Waals surface area contributed by atoms with Crippen LogP contribution in [-0.4, -0.2) is 51.8 Å². The van der Waals surface area contributed by atoms with Crippen molar-refractivity contribution in [2.24, 2.45) is 11.8 Å². The molecule has 1 amide bonds. The molecule has 1 fully saturated rings. The molecule has 4 rings (SSSR count). The molecule has 0 bridgehead atoms. The fourth-order valence-corrected chi connectivity index (χ4v) is 5.53. The zero-order chi connectivity index (χ0) is 24.4. The van der Waals surface area contributed by atoms with E-state index in [1.807, 2.05) is 11.8 Å². The van der Waals surface area contributed by atoms with E-state index in [0.717, 1.165) is 19.5 Å². The van der Waals surface area contributed by atoms with Crippen LogP contribution in [0.25, 0.3) is 10.9 Å². The zero-order valence-corrected chi connectivity index (χ0v) is 20.6. The van der Waals surface area contributed by atoms with Crippen LogP contribution in [0.2, 0.25) is 0 Å². The van der Waals surface area contributed by atoms with Crippen molar-refractivity contribution in [2.75, 3.05) is 20.2 Å². The first-order chi connectivity index (χ1) is 16.3. The van der Waals surface area contributed by atoms with Gasteiger partial charge in [0.25, 0.3) is 5.56 Å². The summed E-state index contributed by atoms with van der Waals surface area (Å²) >= 11 is 1.25. The molecule has 3 aromatic rings. The molecule has 1 aliphatic rings. The van der Waals surface area contributed by atoms with Gasteiger partial charge >= 0.3 is 5.97 Å². The molecule has 0 unspecified atom stereocenters. The van der Waals surface area contributed by atoms with Gasteiger partial charge in [0.2, 0.25) is 5.91 Å². The largest absolute Gasteiger partial charge is 0.467 e. The molecule has 1 aliphatic heterocycles. The molecule has 9 heteroatoms. The van der Waals surface area contributed by atoms with Gasteiger partial charge < -0.3 is 14.1 Å². The van der Waals surface area contributed by atoms with Gasteiger partial charge in [-0.2, -0.15) is 0 Å². The number of rotatable bonds is 6. The van der Waals surface area contributed by atoms with Gasteiger partial charge in [-0.1, -0.05) is 25.6 Å². The number of carbonyl (C=O) groups is 2. The second-order valence-electron chi connectivity index (χ2n) is 9.04. The Bertz CT molecular complexity index is 1240. The minimum atomic E-state index is -0.505. The predicted molar refractivity (Wildman–Crippen MR) is 130 cm³/mol. The number of amides is 1. The first-order valence-electron chi connectivity index (χ1n) is 11.4. The maximum Gasteiger partial charge on any atom is 0.337 e. The molecule has 3 heterocycles. The van der Waals surface area contributed by atoms with Gasteiger partial charge in [0, 0.05) is 13.1 Å². The van der Waals surface area contributed by atoms with E-state index >= 15 is 0 Å². The first-order valence-corrected chi connectivity index (χ1v) is 12.3. The minimum absolute atomic E-state index is 0.0330. The molecule has 0 N–H and O–H groups in total. The lowest BCUT2D eigenvalue weighted by Gasteiger charge is -2.36. The maximum absolute atomic E-state index is 13.4. The van der Waals surface area contributed by atoms with Crippen LogP contribution in [-0.2, 0) is 16.1 Å². The normalized spacial score (nSPS) is 19.2. The smallest absolute Gasteiger partial charge is 0.337 e. The second-order valence-corrected chi connectivity index (χ2v) is 10.3. The topological polar surface area (TPSA) is 94.6 Å². The van der Waals surface area contributed by atoms with E-state index in [1.54, 1.807) is 36.6 Å². The van der Waals surface area contributed by atoms with Gasteiger partial charge in [0.05, 0.1) is 41.6 Å². The second kappa shape index (κ2) is 10.0. The highest BCUT2D eigenvalue weighted by Gasteiger charge is 2.30. The van der Waals surface area contributed by atoms with E-state index in [4.69, 9.17) is 14.1 Å². The highest BCUT2D eigenvalue weighted by Crippen LogP contribution is 2.28. The molecular formula is C25H29N3O5S. The van der Waals surface area contributed by atoms with E-state index in [9.17, 15) is 14.4 Å². The molecular weight excluding hydrogens is 454 g/mol. The van der Waals surface area contributed by atoms with Crippen molar-refractivity contribution in [3.05, 3.63) is 58.3 Å². The number of likely N-dealkylation sites (tertiary alicyclic amines) is 1. The summed E-state index contributed by atoms with van der Waals surface area (Å²) in [5, 5.41) is 0.338. The Labute approximate surface area is 202 Å². The monoisotopic (exact) mass is 483 g/mol. The van der Waals surface area contributed by atoms with Crippen LogP contribution in [0.4, 0.5) is 0 Å². The molecule has 0 radical (unpaired) electrons. The van der Waals surface area contributed by atoms with Crippen LogP contribution in [0.5, 0.6) is 0 Å². The van der Waals surface area contributed by atoms with Crippen molar-refractivity contribution in [3.8, 4) is 0 Å². The third kappa shape index (κ3) is 5.04. The first kappa shape index (κ1) is 24.1. The van der Waals surface area contributed by atoms with E-state index in [0.29, 0.717) is 39.2 Å². The summed E-state index contributed by atoms with van der Waals surface area (Å²) in [4.78, 5) is 45.3. The SMILES string of the molecule is COC(=O)c1ccc2c(=O)n(Cc3ccco3)c(S[C@H](C)C(=O)N3C[C@H](C)C[C@H](C)C3)nc2c1. The Hall–Kier alpha value is -3.07. The lowest BCUT2D eigenvalue weighted by Crippen LogP contribution is -2.45. The highest BCUT2D eigenvalue weighted by atomic mass is 32.2. The number of furan rings is 1. The molecule has 8 nitrogen and oxygen atoms in total. The Morgan fingerprint density at radius 1 is 1.24 bits per heavy atom. The molecule has 1 saturated heterocycles. The number of esters is 1. The minimum Gasteiger partial charge on any atom is -0.467 e. The molecule has 2 aromatic heterocycles. The molecule has 0 saturated carbocycles. The number of ether oxygens (including phenoxy) is 1. The van der Waals surface area contributed by atoms with Crippen LogP contribution in [0.3, 0.4) is 0 Å². The number of aromatic nitrogens is 2. The molecule has 0 spiro atoms. The van der Waals surface area contributed by atoms with Gasteiger partial charge in [0.1, 0.15) is 5.76 Å². The van der Waals surface area contributed by atoms with Crippen molar-refractivity contribution in [1.82, 2.24) is 14.5 Å². The average molecular weight is 484 g/mol. The van der Waals surface area contributed by atoms with Crippen molar-refractivity contribution in [1.29, 1.82) is 0 Å². The van der Waals surface area contributed by atoms with Crippen LogP contribution in [0.15, 0.2) is 51.0 Å². The lowest BCUT2D eigenvalue weighted by atomic mass is 9.92. The number of fused-ring (bicyclic) bond motifs is 1. The van der Waals surface area contributed by atoms with Gasteiger partial charge in [0.15, 0.2) is 5.16 Å². The highest BCUT2D eigenvalue weighted by molar-refractivity contribution is 8.00. The fourth-order valence-electron chi connectivity index (χ4n) is 4.54. The number of hydrogen-bond acceptors (Lipinski definition) is 7. The van der Waals surface area contributed by atoms with Crippen LogP contribution in [0, 0.1) is 11.8 Å². The van der Waals surface area contributed by atoms with Gasteiger partial charge in [-0.05, 0) is 55.5 Å². The predicted octanol–water partition coefficient (Wildman–Crippen LogP) is 3.81. The summed E-state index contributed by atoms with van der Waals surface area (Å²) in [6.07, 6.45) is 2.66. The standard InChI is InChI=1S/C25H29N3O5S/c1-15-10-16(2)13-27(12-15)22(29)17(3)34-25-26-21-11-18(24(31)32-4)7-8-20(21)23(30)28(25)14-19-6-5-9-33-19/h5-9,11,15-17H,10,12-14H2,1-4H3/t15-,16+,17-/m1/s1. The number of piperidine rings is 1. The van der Waals surface area contributed by atoms with Crippen molar-refractivity contribution >= 4 is 34.5 Å². The average Bonchev–Trinajstić information content (AvgIpc) is 3.32. The summed E-state index contributed by atoms with van der Waals surface area (Å²) in [6.45, 7) is 7.84. The van der Waals surface area contributed by atoms with Crippen LogP contribution in [0.1, 0.15) is 43.3 Å². The number of nitrogens with zero attached hydrogens (tertiary/aromatic N) is 3. The quantitative estimate of drug-likeness (QED) is 0.299. The molecule has 3 atom stereocenters. The third-order valence-corrected chi connectivity index (χ3v) is 7.12. The van der Waals surface area contributed by atoms with Crippen molar-refractivity contribution in [2.45, 2.75) is 44.1 Å². The van der Waals surface area contributed by atoms with E-state index in [2.05, 4.69) is 13.8 Å². The Morgan fingerprint density at radius 3 is 2.62 bits per heavy atom. The summed E-state index contributed by atoms with van der Waals surface area (Å²) in [6, 6.07) is 8.22. The molecule has 1 aromatic carbocycles. The van der Waals surface area contributed by atoms with E-state index in [-0.39, 0.29) is 18.0 Å². The molecule has 34 heavy (non-hydrogen) atoms. The van der Waals surface area contributed by atoms with Crippen LogP contribution >= 0.6 is 11.8 Å². The van der Waals surface area contributed by atoms with E-state index in [1.165, 1.54) is 23.4 Å². The fraction of sp³-hybridized carbons (Fsp3) is 0.440. The third-order valence-electron chi connectivity index (χ3n) is 6.05. The number of thioether (sulfide) groups is 1. The van der Waals surface area contributed by atoms with Crippen molar-refractivity contribution in [3.63, 3.8) is 0 Å². The van der Waals surface area contributed by atoms with Crippen molar-refractivity contribution < 1.29 is 18.7 Å². The molecule has 0 aliphatic carbocycles. The summed E-state index contributed by atoms with van der Waals surface area (Å²) in [5.41, 5.74) is 0.424. The lowest BCUT2D eigenvalue weighted by molar-refractivity contribution is -0.132. The van der Waals surface area contributed by atoms with Gasteiger partial charge in [-0.25, -0.2) is 9.78 Å². The van der Waals surface area contributed by atoms with Gasteiger partial charge in [-0.15, -0.1) is 0 Å². The number of hydrogen-bond donors (Lipinski definition) is 0. The number of benzene rings is 1. The maximum atomic E-state index is 13.4. The Kier molecular flexibility index (Phi) is 7.11. The summed E-state index contributed by atoms with van der Waals surface area (Å²) in [7, 11) is 1.30. The molecule has 180 valence electrons. The van der Waals surface area contributed by atoms with Gasteiger partial charge in [-0.3, -0.25) is 14.2 Å². The Morgan fingerprint density at radius 2 is 1.97 bits per heavy atom. The van der Waals surface area contributed by atoms with Crippen LogP contribution < -0.4 is 5.56 Å². The number of carbonyl (C=O) groups excluding carboxylic acids is 2. The summed E-state index contributed by atoms with van der Waals surface area (Å²) in [5.74, 6) is 1.05.